The van der Waals surface area contributed by atoms with E-state index in [1.807, 2.05) is 42.5 Å². The summed E-state index contributed by atoms with van der Waals surface area (Å²) in [5.41, 5.74) is 3.85. The fourth-order valence-corrected chi connectivity index (χ4v) is 6.43. The van der Waals surface area contributed by atoms with Gasteiger partial charge < -0.3 is 19.3 Å². The first-order valence-corrected chi connectivity index (χ1v) is 14.5. The molecule has 3 aromatic carbocycles. The number of piperazine rings is 1. The molecular weight excluding hydrogens is 514 g/mol. The zero-order valence-corrected chi connectivity index (χ0v) is 23.0. The maximum Gasteiger partial charge on any atom is 0.372 e. The van der Waals surface area contributed by atoms with Crippen molar-refractivity contribution < 1.29 is 22.7 Å². The molecule has 1 aromatic heterocycles. The number of hydrogen-bond acceptors (Lipinski definition) is 6. The second-order valence-corrected chi connectivity index (χ2v) is 12.0. The number of hydrogen-bond donors (Lipinski definition) is 1. The number of carbonyl (C=O) groups is 1. The van der Waals surface area contributed by atoms with Crippen LogP contribution in [-0.2, 0) is 23.0 Å². The molecule has 0 spiro atoms. The number of rotatable bonds is 9. The van der Waals surface area contributed by atoms with Gasteiger partial charge in [-0.05, 0) is 61.9 Å². The summed E-state index contributed by atoms with van der Waals surface area (Å²) < 4.78 is 34.9. The fraction of sp³-hybridized carbons (Fsp3) is 0.300. The van der Waals surface area contributed by atoms with Crippen LogP contribution in [0.5, 0.6) is 0 Å². The third-order valence-corrected chi connectivity index (χ3v) is 9.24. The van der Waals surface area contributed by atoms with Crippen molar-refractivity contribution in [2.24, 2.45) is 0 Å². The summed E-state index contributed by atoms with van der Waals surface area (Å²) in [5.74, 6) is -1.36. The van der Waals surface area contributed by atoms with E-state index < -0.39 is 16.0 Å². The standard InChI is InChI=1S/C30H33N3O5S/c1-22-27-20-26(12-13-28(27)38-29(22)30(34)35)39(36,37)33(15-14-23-6-4-3-5-7-23)21-24-8-10-25(11-9-24)32-18-16-31(2)17-19-32/h3-13,20H,14-19,21H2,1-2H3,(H,34,35). The first-order valence-electron chi connectivity index (χ1n) is 13.1. The van der Waals surface area contributed by atoms with Crippen LogP contribution in [0.2, 0.25) is 0 Å². The Bertz CT molecular complexity index is 1560. The van der Waals surface area contributed by atoms with Gasteiger partial charge in [0.05, 0.1) is 4.90 Å². The van der Waals surface area contributed by atoms with Crippen LogP contribution in [0.4, 0.5) is 5.69 Å². The minimum absolute atomic E-state index is 0.109. The number of carboxylic acids is 1. The second-order valence-electron chi connectivity index (χ2n) is 10.1. The van der Waals surface area contributed by atoms with Crippen molar-refractivity contribution in [1.29, 1.82) is 0 Å². The lowest BCUT2D eigenvalue weighted by molar-refractivity contribution is 0.0664. The Morgan fingerprint density at radius 2 is 1.64 bits per heavy atom. The van der Waals surface area contributed by atoms with Gasteiger partial charge in [-0.15, -0.1) is 0 Å². The van der Waals surface area contributed by atoms with Crippen molar-refractivity contribution in [3.8, 4) is 0 Å². The third-order valence-electron chi connectivity index (χ3n) is 7.40. The summed E-state index contributed by atoms with van der Waals surface area (Å²) in [5, 5.41) is 9.90. The number of anilines is 1. The Morgan fingerprint density at radius 1 is 0.949 bits per heavy atom. The number of nitrogens with zero attached hydrogens (tertiary/aromatic N) is 3. The van der Waals surface area contributed by atoms with Gasteiger partial charge in [0.15, 0.2) is 0 Å². The molecule has 1 aliphatic heterocycles. The zero-order chi connectivity index (χ0) is 27.6. The summed E-state index contributed by atoms with van der Waals surface area (Å²) in [6.07, 6.45) is 0.565. The monoisotopic (exact) mass is 547 g/mol. The lowest BCUT2D eigenvalue weighted by atomic mass is 10.1. The van der Waals surface area contributed by atoms with E-state index >= 15 is 0 Å². The average Bonchev–Trinajstić information content (AvgIpc) is 3.28. The SMILES string of the molecule is Cc1c(C(=O)O)oc2ccc(S(=O)(=O)N(CCc3ccccc3)Cc3ccc(N4CCN(C)CC4)cc3)cc12. The number of carboxylic acid groups (broad SMARTS) is 1. The summed E-state index contributed by atoms with van der Waals surface area (Å²) in [7, 11) is -1.77. The van der Waals surface area contributed by atoms with Crippen molar-refractivity contribution >= 4 is 32.6 Å². The zero-order valence-electron chi connectivity index (χ0n) is 22.2. The van der Waals surface area contributed by atoms with Gasteiger partial charge >= 0.3 is 5.97 Å². The Labute approximate surface area is 229 Å². The van der Waals surface area contributed by atoms with Gasteiger partial charge in [-0.25, -0.2) is 13.2 Å². The molecule has 1 saturated heterocycles. The molecule has 2 heterocycles. The summed E-state index contributed by atoms with van der Waals surface area (Å²) in [6.45, 7) is 6.11. The predicted octanol–water partition coefficient (Wildman–Crippen LogP) is 4.62. The number of fused-ring (bicyclic) bond motifs is 1. The molecule has 8 nitrogen and oxygen atoms in total. The van der Waals surface area contributed by atoms with E-state index in [2.05, 4.69) is 29.0 Å². The van der Waals surface area contributed by atoms with E-state index in [4.69, 9.17) is 4.42 Å². The topological polar surface area (TPSA) is 94.3 Å². The first kappa shape index (κ1) is 26.9. The largest absolute Gasteiger partial charge is 0.475 e. The molecule has 0 bridgehead atoms. The number of likely N-dealkylation sites (N-methyl/N-ethyl adjacent to an activating group) is 1. The van der Waals surface area contributed by atoms with Crippen molar-refractivity contribution in [1.82, 2.24) is 9.21 Å². The Hall–Kier alpha value is -3.66. The van der Waals surface area contributed by atoms with Crippen molar-refractivity contribution in [3.63, 3.8) is 0 Å². The second kappa shape index (κ2) is 11.2. The lowest BCUT2D eigenvalue weighted by Crippen LogP contribution is -2.44. The highest BCUT2D eigenvalue weighted by Gasteiger charge is 2.27. The normalized spacial score (nSPS) is 14.8. The van der Waals surface area contributed by atoms with Gasteiger partial charge in [0.25, 0.3) is 0 Å². The maximum atomic E-state index is 14.0. The van der Waals surface area contributed by atoms with Gasteiger partial charge in [-0.3, -0.25) is 0 Å². The molecule has 5 rings (SSSR count). The summed E-state index contributed by atoms with van der Waals surface area (Å²) in [4.78, 5) is 16.3. The molecule has 0 atom stereocenters. The van der Waals surface area contributed by atoms with Crippen LogP contribution in [0.1, 0.15) is 27.2 Å². The van der Waals surface area contributed by atoms with Gasteiger partial charge in [0.1, 0.15) is 5.58 Å². The highest BCUT2D eigenvalue weighted by Crippen LogP contribution is 2.30. The van der Waals surface area contributed by atoms with Crippen LogP contribution in [0.3, 0.4) is 0 Å². The third kappa shape index (κ3) is 5.85. The van der Waals surface area contributed by atoms with Crippen LogP contribution in [0.15, 0.2) is 82.1 Å². The number of benzene rings is 3. The van der Waals surface area contributed by atoms with Crippen molar-refractivity contribution in [2.75, 3.05) is 44.7 Å². The quantitative estimate of drug-likeness (QED) is 0.327. The Morgan fingerprint density at radius 3 is 2.31 bits per heavy atom. The van der Waals surface area contributed by atoms with Crippen LogP contribution in [0.25, 0.3) is 11.0 Å². The minimum atomic E-state index is -3.90. The molecule has 0 radical (unpaired) electrons. The molecule has 0 amide bonds. The van der Waals surface area contributed by atoms with Crippen LogP contribution in [-0.4, -0.2) is 68.5 Å². The molecule has 9 heteroatoms. The van der Waals surface area contributed by atoms with Crippen molar-refractivity contribution in [2.45, 2.75) is 24.8 Å². The number of furan rings is 1. The molecule has 39 heavy (non-hydrogen) atoms. The summed E-state index contributed by atoms with van der Waals surface area (Å²) in [6, 6.07) is 22.5. The van der Waals surface area contributed by atoms with Gasteiger partial charge in [-0.2, -0.15) is 4.31 Å². The molecular formula is C30H33N3O5S. The Balaban J connectivity index is 1.43. The lowest BCUT2D eigenvalue weighted by Gasteiger charge is -2.34. The van der Waals surface area contributed by atoms with Crippen LogP contribution in [0, 0.1) is 6.92 Å². The molecule has 0 unspecified atom stereocenters. The minimum Gasteiger partial charge on any atom is -0.475 e. The molecule has 1 N–H and O–H groups in total. The Kier molecular flexibility index (Phi) is 7.74. The smallest absolute Gasteiger partial charge is 0.372 e. The maximum absolute atomic E-state index is 14.0. The number of sulfonamides is 1. The van der Waals surface area contributed by atoms with Crippen LogP contribution >= 0.6 is 0 Å². The van der Waals surface area contributed by atoms with E-state index in [9.17, 15) is 18.3 Å². The van der Waals surface area contributed by atoms with Gasteiger partial charge in [-0.1, -0.05) is 42.5 Å². The molecule has 1 fully saturated rings. The first-order chi connectivity index (χ1) is 18.7. The average molecular weight is 548 g/mol. The van der Waals surface area contributed by atoms with Crippen LogP contribution < -0.4 is 4.90 Å². The van der Waals surface area contributed by atoms with Gasteiger partial charge in [0, 0.05) is 55.9 Å². The fourth-order valence-electron chi connectivity index (χ4n) is 4.98. The molecule has 204 valence electrons. The number of aryl methyl sites for hydroxylation is 1. The van der Waals surface area contributed by atoms with Gasteiger partial charge in [0.2, 0.25) is 15.8 Å². The van der Waals surface area contributed by atoms with E-state index in [1.54, 1.807) is 6.92 Å². The van der Waals surface area contributed by atoms with E-state index in [-0.39, 0.29) is 17.2 Å². The predicted molar refractivity (Wildman–Crippen MR) is 152 cm³/mol. The van der Waals surface area contributed by atoms with E-state index in [1.165, 1.54) is 22.5 Å². The molecule has 0 saturated carbocycles. The molecule has 4 aromatic rings. The summed E-state index contributed by atoms with van der Waals surface area (Å²) >= 11 is 0. The van der Waals surface area contributed by atoms with E-state index in [0.29, 0.717) is 29.5 Å². The van der Waals surface area contributed by atoms with Crippen molar-refractivity contribution in [3.05, 3.63) is 95.2 Å². The molecule has 0 aliphatic carbocycles. The highest BCUT2D eigenvalue weighted by molar-refractivity contribution is 7.89. The molecule has 1 aliphatic rings. The van der Waals surface area contributed by atoms with E-state index in [0.717, 1.165) is 43.0 Å². The highest BCUT2D eigenvalue weighted by atomic mass is 32.2. The number of aromatic carboxylic acids is 1.